The van der Waals surface area contributed by atoms with E-state index in [9.17, 15) is 36.2 Å². The number of benzene rings is 4. The van der Waals surface area contributed by atoms with Gasteiger partial charge in [0.15, 0.2) is 0 Å². The van der Waals surface area contributed by atoms with E-state index in [1.807, 2.05) is 0 Å². The molecule has 0 spiro atoms. The molecule has 65 heavy (non-hydrogen) atoms. The van der Waals surface area contributed by atoms with Crippen LogP contribution in [-0.2, 0) is 33.1 Å². The predicted molar refractivity (Wildman–Crippen MR) is 260 cm³/mol. The molecule has 4 aromatic rings. The quantitative estimate of drug-likeness (QED) is 0.0272. The molecule has 10 nitrogen and oxygen atoms in total. The fraction of sp³-hybridized carbons (Fsp3) is 0.538. The zero-order valence-electron chi connectivity index (χ0n) is 39.2. The molecule has 4 rings (SSSR count). The van der Waals surface area contributed by atoms with Crippen LogP contribution in [0.2, 0.25) is 0 Å². The van der Waals surface area contributed by atoms with Crippen molar-refractivity contribution in [3.8, 4) is 34.5 Å². The fourth-order valence-corrected chi connectivity index (χ4v) is 9.18. The van der Waals surface area contributed by atoms with Crippen molar-refractivity contribution in [1.29, 1.82) is 0 Å². The molecule has 0 atom stereocenters. The fourth-order valence-electron chi connectivity index (χ4n) is 7.73. The van der Waals surface area contributed by atoms with Crippen molar-refractivity contribution in [2.24, 2.45) is 0 Å². The van der Waals surface area contributed by atoms with Gasteiger partial charge in [0.25, 0.3) is 10.1 Å². The Labute approximate surface area is 421 Å². The molecule has 0 bridgehead atoms. The van der Waals surface area contributed by atoms with Gasteiger partial charge in [-0.3, -0.25) is 4.55 Å². The molecule has 13 heteroatoms. The molecule has 0 aliphatic heterocycles. The number of aryl methyl sites for hydroxylation is 2. The van der Waals surface area contributed by atoms with Crippen molar-refractivity contribution in [2.75, 3.05) is 0 Å². The van der Waals surface area contributed by atoms with Crippen LogP contribution < -0.4 is 14.6 Å². The molecule has 356 valence electrons. The molecule has 2 N–H and O–H groups in total. The van der Waals surface area contributed by atoms with E-state index in [2.05, 4.69) is 13.8 Å². The smallest absolute Gasteiger partial charge is 0.872 e. The third-order valence-electron chi connectivity index (χ3n) is 11.3. The molecule has 0 radical (unpaired) electrons. The van der Waals surface area contributed by atoms with E-state index in [1.54, 1.807) is 36.4 Å². The maximum Gasteiger partial charge on any atom is 2.00 e. The first kappa shape index (κ1) is 58.3. The zero-order chi connectivity index (χ0) is 46.5. The van der Waals surface area contributed by atoms with Gasteiger partial charge in [0, 0.05) is 0 Å². The molecule has 0 fully saturated rings. The second-order valence-electron chi connectivity index (χ2n) is 16.9. The maximum absolute atomic E-state index is 11.8. The van der Waals surface area contributed by atoms with Crippen LogP contribution >= 0.6 is 0 Å². The van der Waals surface area contributed by atoms with Gasteiger partial charge in [0.1, 0.15) is 38.9 Å². The van der Waals surface area contributed by atoms with Crippen LogP contribution in [0.4, 0.5) is 0 Å². The summed E-state index contributed by atoms with van der Waals surface area (Å²) in [6.07, 6.45) is 30.6. The summed E-state index contributed by atoms with van der Waals surface area (Å²) >= 11 is 0. The van der Waals surface area contributed by atoms with Gasteiger partial charge in [-0.1, -0.05) is 167 Å². The van der Waals surface area contributed by atoms with Gasteiger partial charge in [-0.15, -0.1) is 5.75 Å². The van der Waals surface area contributed by atoms with Gasteiger partial charge in [-0.05, 0) is 110 Å². The summed E-state index contributed by atoms with van der Waals surface area (Å²) in [4.78, 5) is -0.235. The van der Waals surface area contributed by atoms with E-state index in [0.717, 1.165) is 38.5 Å². The number of aromatic hydroxyl groups is 1. The Morgan fingerprint density at radius 1 is 0.446 bits per heavy atom. The third kappa shape index (κ3) is 25.8. The van der Waals surface area contributed by atoms with Crippen molar-refractivity contribution in [1.82, 2.24) is 0 Å². The van der Waals surface area contributed by atoms with Gasteiger partial charge < -0.3 is 24.2 Å². The van der Waals surface area contributed by atoms with Crippen molar-refractivity contribution in [3.63, 3.8) is 0 Å². The largest absolute Gasteiger partial charge is 2.00 e. The summed E-state index contributed by atoms with van der Waals surface area (Å²) in [7, 11) is -8.83. The average molecular weight is 963 g/mol. The number of unbranched alkanes of at least 4 members (excludes halogenated alkanes) is 22. The van der Waals surface area contributed by atoms with Gasteiger partial charge in [0.2, 0.25) is 0 Å². The Morgan fingerprint density at radius 2 is 0.754 bits per heavy atom. The van der Waals surface area contributed by atoms with E-state index in [1.165, 1.54) is 164 Å². The van der Waals surface area contributed by atoms with E-state index < -0.39 is 20.2 Å². The summed E-state index contributed by atoms with van der Waals surface area (Å²) in [5.41, 5.74) is 1.06. The maximum atomic E-state index is 11.8. The minimum absolute atomic E-state index is 0. The molecular formula is C52H74CaO10S2. The normalized spacial score (nSPS) is 11.4. The number of ether oxygens (including phenoxy) is 2. The summed E-state index contributed by atoms with van der Waals surface area (Å²) in [5, 5.41) is 20.6. The van der Waals surface area contributed by atoms with E-state index >= 15 is 0 Å². The Bertz CT molecular complexity index is 1940. The SMILES string of the molecule is CCCCCCCCCCCCCCc1cc(Oc2ccc(O)cc2)ccc1S(=O)(=O)O.CCCCCCCCCCCCCCc1cc(Oc2ccc([O-])cc2)ccc1S(=O)(=O)[O-].[Ca+2]. The molecule has 4 aromatic carbocycles. The van der Waals surface area contributed by atoms with Crippen molar-refractivity contribution < 1.29 is 45.6 Å². The molecule has 0 saturated carbocycles. The molecular weight excluding hydrogens is 889 g/mol. The summed E-state index contributed by atoms with van der Waals surface area (Å²) < 4.78 is 79.5. The summed E-state index contributed by atoms with van der Waals surface area (Å²) in [5.74, 6) is 2.00. The topological polar surface area (TPSA) is 173 Å². The molecule has 0 saturated heterocycles. The van der Waals surface area contributed by atoms with Crippen LogP contribution in [0.3, 0.4) is 0 Å². The van der Waals surface area contributed by atoms with Crippen LogP contribution in [0, 0.1) is 0 Å². The minimum atomic E-state index is -4.54. The van der Waals surface area contributed by atoms with Gasteiger partial charge in [-0.2, -0.15) is 8.42 Å². The second-order valence-corrected chi connectivity index (χ2v) is 19.7. The molecule has 0 aromatic heterocycles. The molecule has 0 unspecified atom stereocenters. The van der Waals surface area contributed by atoms with Crippen molar-refractivity contribution >= 4 is 58.0 Å². The number of phenolic OH excluding ortho intramolecular Hbond substituents is 1. The Hall–Kier alpha value is -2.84. The first-order chi connectivity index (χ1) is 30.8. The number of rotatable bonds is 32. The van der Waals surface area contributed by atoms with Crippen LogP contribution in [0.5, 0.6) is 34.5 Å². The Balaban J connectivity index is 0.000000440. The standard InChI is InChI=1S/2C26H38O5S.Ca/c2*1-2-3-4-5-6-7-8-9-10-11-12-13-14-22-21-25(19-20-26(22)32(28,29)30)31-24-17-15-23(27)16-18-24;/h2*15-21,27H,2-14H2,1H3,(H,28,29,30);/q;;+2/p-2. The molecule has 0 aliphatic rings. The zero-order valence-corrected chi connectivity index (χ0v) is 43.0. The van der Waals surface area contributed by atoms with Crippen LogP contribution in [0.15, 0.2) is 94.7 Å². The van der Waals surface area contributed by atoms with E-state index in [-0.39, 0.29) is 59.0 Å². The van der Waals surface area contributed by atoms with Gasteiger partial charge in [0.05, 0.1) is 9.79 Å². The van der Waals surface area contributed by atoms with Crippen LogP contribution in [0.1, 0.15) is 179 Å². The van der Waals surface area contributed by atoms with E-state index in [0.29, 0.717) is 47.0 Å². The summed E-state index contributed by atoms with van der Waals surface area (Å²) in [6.45, 7) is 4.48. The number of phenols is 1. The first-order valence-electron chi connectivity index (χ1n) is 23.9. The van der Waals surface area contributed by atoms with Crippen LogP contribution in [-0.4, -0.2) is 68.8 Å². The second kappa shape index (κ2) is 33.6. The van der Waals surface area contributed by atoms with Gasteiger partial charge in [-0.25, -0.2) is 8.42 Å². The first-order valence-corrected chi connectivity index (χ1v) is 26.8. The molecule has 0 aliphatic carbocycles. The van der Waals surface area contributed by atoms with Crippen molar-refractivity contribution in [2.45, 2.75) is 191 Å². The Morgan fingerprint density at radius 3 is 1.11 bits per heavy atom. The van der Waals surface area contributed by atoms with Gasteiger partial charge >= 0.3 is 37.7 Å². The summed E-state index contributed by atoms with van der Waals surface area (Å²) in [6, 6.07) is 21.2. The predicted octanol–water partition coefficient (Wildman–Crippen LogP) is 14.0. The van der Waals surface area contributed by atoms with E-state index in [4.69, 9.17) is 9.47 Å². The number of hydrogen-bond acceptors (Lipinski definition) is 9. The molecule has 0 heterocycles. The molecule has 0 amide bonds. The monoisotopic (exact) mass is 962 g/mol. The third-order valence-corrected chi connectivity index (χ3v) is 13.2. The van der Waals surface area contributed by atoms with Crippen LogP contribution in [0.25, 0.3) is 0 Å². The minimum Gasteiger partial charge on any atom is -0.872 e. The Kier molecular flexibility index (Phi) is 30.1. The average Bonchev–Trinajstić information content (AvgIpc) is 3.25. The number of hydrogen-bond donors (Lipinski definition) is 2. The van der Waals surface area contributed by atoms with Crippen molar-refractivity contribution in [3.05, 3.63) is 96.1 Å².